The summed E-state index contributed by atoms with van der Waals surface area (Å²) in [6, 6.07) is 0. The van der Waals surface area contributed by atoms with Gasteiger partial charge in [0.05, 0.1) is 0 Å². The van der Waals surface area contributed by atoms with Crippen LogP contribution in [0.3, 0.4) is 0 Å². The van der Waals surface area contributed by atoms with E-state index in [0.717, 1.165) is 0 Å². The van der Waals surface area contributed by atoms with Gasteiger partial charge in [0.2, 0.25) is 0 Å². The summed E-state index contributed by atoms with van der Waals surface area (Å²) in [4.78, 5) is 0. The molecule has 2 rings (SSSR count). The summed E-state index contributed by atoms with van der Waals surface area (Å²) in [5.41, 5.74) is 0. The maximum atomic E-state index is 2.00. The third-order valence-electron chi connectivity index (χ3n) is 1.78. The fourth-order valence-electron chi connectivity index (χ4n) is 1.03. The largest absolute Gasteiger partial charge is 0.0623 e. The molecule has 0 aromatic rings. The van der Waals surface area contributed by atoms with Crippen LogP contribution in [0.4, 0.5) is 0 Å². The topological polar surface area (TPSA) is 0 Å². The molecule has 2 aliphatic rings. The average molecular weight is 446 g/mol. The van der Waals surface area contributed by atoms with Crippen molar-refractivity contribution in [2.45, 2.75) is 0 Å². The van der Waals surface area contributed by atoms with Gasteiger partial charge in [-0.2, -0.15) is 0 Å². The number of hydrogen-bond donors (Lipinski definition) is 0. The third kappa shape index (κ3) is 11.2. The maximum Gasteiger partial charge on any atom is 0 e. The van der Waals surface area contributed by atoms with Gasteiger partial charge in [0, 0.05) is 31.1 Å². The molecule has 0 heterocycles. The van der Waals surface area contributed by atoms with E-state index in [1.807, 2.05) is 97.2 Å². The number of hydrogen-bond acceptors (Lipinski definition) is 0. The first-order valence-corrected chi connectivity index (χ1v) is 5.33. The second kappa shape index (κ2) is 13.0. The zero-order valence-corrected chi connectivity index (χ0v) is 13.9. The summed E-state index contributed by atoms with van der Waals surface area (Å²) < 4.78 is 0. The predicted octanol–water partition coefficient (Wildman–Crippen LogP) is 4.45. The molecule has 0 saturated carbocycles. The summed E-state index contributed by atoms with van der Waals surface area (Å²) in [6.45, 7) is 0. The van der Waals surface area contributed by atoms with Crippen LogP contribution in [0.1, 0.15) is 0 Å². The summed E-state index contributed by atoms with van der Waals surface area (Å²) in [6.07, 6.45) is 32.0. The van der Waals surface area contributed by atoms with E-state index in [9.17, 15) is 0 Å². The van der Waals surface area contributed by atoms with Crippen molar-refractivity contribution in [3.8, 4) is 0 Å². The second-order valence-corrected chi connectivity index (χ2v) is 3.08. The summed E-state index contributed by atoms with van der Waals surface area (Å²) in [7, 11) is 0. The average Bonchev–Trinajstić information content (AvgIpc) is 2.15. The van der Waals surface area contributed by atoms with E-state index in [1.165, 1.54) is 0 Å². The van der Waals surface area contributed by atoms with E-state index in [-0.39, 0.29) is 31.1 Å². The Bertz CT molecular complexity index is 247. The van der Waals surface area contributed by atoms with Gasteiger partial charge >= 0.3 is 0 Å². The fourth-order valence-corrected chi connectivity index (χ4v) is 1.03. The molecule has 0 bridgehead atoms. The van der Waals surface area contributed by atoms with Crippen LogP contribution in [0.2, 0.25) is 0 Å². The van der Waals surface area contributed by atoms with Crippen LogP contribution >= 0.6 is 0 Å². The molecule has 0 spiro atoms. The van der Waals surface area contributed by atoms with Crippen molar-refractivity contribution in [3.63, 3.8) is 0 Å². The molecule has 0 aliphatic heterocycles. The normalized spacial score (nSPS) is 15.1. The van der Waals surface area contributed by atoms with Gasteiger partial charge in [-0.1, -0.05) is 97.2 Å². The van der Waals surface area contributed by atoms with Gasteiger partial charge in [0.15, 0.2) is 0 Å². The number of allylic oxidation sites excluding steroid dienone is 16. The minimum absolute atomic E-state index is 0. The first kappa shape index (κ1) is 16.0. The third-order valence-corrected chi connectivity index (χ3v) is 1.78. The minimum atomic E-state index is 0. The summed E-state index contributed by atoms with van der Waals surface area (Å²) >= 11 is 0. The maximum absolute atomic E-state index is 2.00. The molecule has 84 valence electrons. The van der Waals surface area contributed by atoms with Crippen LogP contribution in [-0.4, -0.2) is 0 Å². The van der Waals surface area contributed by atoms with Gasteiger partial charge in [-0.25, -0.2) is 0 Å². The van der Waals surface area contributed by atoms with Crippen molar-refractivity contribution in [2.24, 2.45) is 0 Å². The molecule has 0 unspecified atom stereocenters. The van der Waals surface area contributed by atoms with E-state index < -0.39 is 0 Å². The Morgan fingerprint density at radius 1 is 0.176 bits per heavy atom. The summed E-state index contributed by atoms with van der Waals surface area (Å²) in [5.74, 6) is 0. The van der Waals surface area contributed by atoms with Gasteiger partial charge < -0.3 is 0 Å². The molecule has 0 aromatic carbocycles. The predicted molar refractivity (Wildman–Crippen MR) is 73.1 cm³/mol. The molecule has 0 amide bonds. The quantitative estimate of drug-likeness (QED) is 0.516. The number of rotatable bonds is 0. The van der Waals surface area contributed by atoms with Crippen LogP contribution < -0.4 is 0 Å². The molecule has 0 aromatic heterocycles. The minimum Gasteiger partial charge on any atom is -0.0623 e. The monoisotopic (exact) mass is 446 g/mol. The van der Waals surface area contributed by atoms with Crippen molar-refractivity contribution in [1.29, 1.82) is 0 Å². The van der Waals surface area contributed by atoms with Gasteiger partial charge in [0.1, 0.15) is 0 Å². The zero-order valence-electron chi connectivity index (χ0n) is 9.74. The van der Waals surface area contributed by atoms with Crippen LogP contribution in [0, 0.1) is 31.1 Å². The van der Waals surface area contributed by atoms with E-state index in [1.54, 1.807) is 0 Å². The van der Waals surface area contributed by atoms with Crippen LogP contribution in [-0.2, 0) is 0 Å². The Morgan fingerprint density at radius 2 is 0.235 bits per heavy atom. The fraction of sp³-hybridized carbons (Fsp3) is 0. The molecule has 0 saturated heterocycles. The molecule has 0 radical (unpaired) electrons. The zero-order chi connectivity index (χ0) is 11.3. The van der Waals surface area contributed by atoms with Gasteiger partial charge in [-0.15, -0.1) is 0 Å². The van der Waals surface area contributed by atoms with E-state index in [2.05, 4.69) is 0 Å². The molecule has 0 N–H and O–H groups in total. The smallest absolute Gasteiger partial charge is 0 e. The van der Waals surface area contributed by atoms with Crippen LogP contribution in [0.25, 0.3) is 0 Å². The van der Waals surface area contributed by atoms with Crippen molar-refractivity contribution in [2.75, 3.05) is 0 Å². The SMILES string of the molecule is C1=CC=CC=CC=C1.C1=CC=CC=CC=C1.[U]. The molecule has 0 fully saturated rings. The van der Waals surface area contributed by atoms with Gasteiger partial charge in [0.25, 0.3) is 0 Å². The molecule has 17 heavy (non-hydrogen) atoms. The first-order valence-electron chi connectivity index (χ1n) is 5.33. The van der Waals surface area contributed by atoms with Crippen LogP contribution in [0.15, 0.2) is 97.2 Å². The molecule has 0 nitrogen and oxygen atoms in total. The Labute approximate surface area is 128 Å². The Kier molecular flexibility index (Phi) is 12.3. The summed E-state index contributed by atoms with van der Waals surface area (Å²) in [5, 5.41) is 0. The van der Waals surface area contributed by atoms with E-state index in [0.29, 0.717) is 0 Å². The second-order valence-electron chi connectivity index (χ2n) is 3.08. The Morgan fingerprint density at radius 3 is 0.294 bits per heavy atom. The van der Waals surface area contributed by atoms with Crippen LogP contribution in [0.5, 0.6) is 0 Å². The van der Waals surface area contributed by atoms with Crippen molar-refractivity contribution >= 4 is 0 Å². The molecule has 1 heteroatoms. The molecular weight excluding hydrogens is 430 g/mol. The molecule has 0 atom stereocenters. The molecule has 2 aliphatic carbocycles. The van der Waals surface area contributed by atoms with E-state index in [4.69, 9.17) is 0 Å². The molecular formula is C16H16U. The Hall–Kier alpha value is -1.03. The van der Waals surface area contributed by atoms with Crippen molar-refractivity contribution in [3.05, 3.63) is 97.2 Å². The van der Waals surface area contributed by atoms with Crippen molar-refractivity contribution in [1.82, 2.24) is 0 Å². The first-order chi connectivity index (χ1) is 8.00. The van der Waals surface area contributed by atoms with E-state index >= 15 is 0 Å². The standard InChI is InChI=1S/2C8H8.U/c2*1-2-4-6-8-7-5-3-1;/h2*1-8H;. The van der Waals surface area contributed by atoms with Crippen molar-refractivity contribution < 1.29 is 31.1 Å². The van der Waals surface area contributed by atoms with Gasteiger partial charge in [-0.3, -0.25) is 0 Å². The Balaban J connectivity index is 0.000000284. The van der Waals surface area contributed by atoms with Gasteiger partial charge in [-0.05, 0) is 0 Å².